The third kappa shape index (κ3) is 3.08. The van der Waals surface area contributed by atoms with Crippen LogP contribution < -0.4 is 0 Å². The van der Waals surface area contributed by atoms with E-state index in [1.165, 1.54) is 48.4 Å². The van der Waals surface area contributed by atoms with Gasteiger partial charge in [-0.15, -0.1) is 0 Å². The molecule has 2 aliphatic rings. The van der Waals surface area contributed by atoms with E-state index >= 15 is 0 Å². The van der Waals surface area contributed by atoms with Crippen LogP contribution in [0.3, 0.4) is 0 Å². The highest BCUT2D eigenvalue weighted by Gasteiger charge is 2.32. The Balaban J connectivity index is 1.70. The molecule has 3 rings (SSSR count). The Kier molecular flexibility index (Phi) is 4.49. The van der Waals surface area contributed by atoms with Crippen LogP contribution >= 0.6 is 11.6 Å². The van der Waals surface area contributed by atoms with Crippen molar-refractivity contribution < 1.29 is 8.42 Å². The highest BCUT2D eigenvalue weighted by molar-refractivity contribution is 7.89. The van der Waals surface area contributed by atoms with Gasteiger partial charge in [0.25, 0.3) is 0 Å². The van der Waals surface area contributed by atoms with Crippen LogP contribution in [0.4, 0.5) is 0 Å². The SMILES string of the molecule is O=S(=O)(c1cnccc1Cl)N1CCN(C2CCCC2)CC1. The lowest BCUT2D eigenvalue weighted by Crippen LogP contribution is -2.51. The van der Waals surface area contributed by atoms with E-state index in [0.29, 0.717) is 19.1 Å². The number of piperazine rings is 1. The van der Waals surface area contributed by atoms with Gasteiger partial charge in [0.15, 0.2) is 0 Å². The fourth-order valence-electron chi connectivity index (χ4n) is 3.27. The van der Waals surface area contributed by atoms with Gasteiger partial charge in [-0.05, 0) is 18.9 Å². The lowest BCUT2D eigenvalue weighted by Gasteiger charge is -2.37. The van der Waals surface area contributed by atoms with Gasteiger partial charge >= 0.3 is 0 Å². The van der Waals surface area contributed by atoms with Crippen LogP contribution in [-0.4, -0.2) is 54.8 Å². The van der Waals surface area contributed by atoms with Crippen LogP contribution in [0.1, 0.15) is 25.7 Å². The summed E-state index contributed by atoms with van der Waals surface area (Å²) in [5, 5.41) is 0.239. The molecule has 21 heavy (non-hydrogen) atoms. The highest BCUT2D eigenvalue weighted by atomic mass is 35.5. The molecule has 0 amide bonds. The molecule has 1 saturated carbocycles. The Labute approximate surface area is 131 Å². The number of rotatable bonds is 3. The minimum absolute atomic E-state index is 0.112. The fourth-order valence-corrected chi connectivity index (χ4v) is 5.10. The molecule has 1 aromatic rings. The summed E-state index contributed by atoms with van der Waals surface area (Å²) in [5.74, 6) is 0. The summed E-state index contributed by atoms with van der Waals surface area (Å²) >= 11 is 6.00. The van der Waals surface area contributed by atoms with Gasteiger partial charge in [-0.1, -0.05) is 24.4 Å². The quantitative estimate of drug-likeness (QED) is 0.851. The summed E-state index contributed by atoms with van der Waals surface area (Å²) in [6, 6.07) is 2.17. The van der Waals surface area contributed by atoms with Gasteiger partial charge < -0.3 is 0 Å². The third-order valence-electron chi connectivity index (χ3n) is 4.47. The molecule has 0 radical (unpaired) electrons. The van der Waals surface area contributed by atoms with Gasteiger partial charge in [0.2, 0.25) is 10.0 Å². The average Bonchev–Trinajstić information content (AvgIpc) is 3.02. The number of nitrogens with zero attached hydrogens (tertiary/aromatic N) is 3. The van der Waals surface area contributed by atoms with Crippen LogP contribution in [-0.2, 0) is 10.0 Å². The van der Waals surface area contributed by atoms with E-state index < -0.39 is 10.0 Å². The zero-order valence-corrected chi connectivity index (χ0v) is 13.5. The Morgan fingerprint density at radius 3 is 2.43 bits per heavy atom. The molecule has 7 heteroatoms. The van der Waals surface area contributed by atoms with E-state index in [2.05, 4.69) is 9.88 Å². The van der Waals surface area contributed by atoms with Gasteiger partial charge in [0.05, 0.1) is 5.02 Å². The predicted molar refractivity (Wildman–Crippen MR) is 81.8 cm³/mol. The number of sulfonamides is 1. The second-order valence-corrected chi connectivity index (χ2v) is 8.00. The Hall–Kier alpha value is -0.690. The number of aromatic nitrogens is 1. The van der Waals surface area contributed by atoms with Crippen LogP contribution in [0.5, 0.6) is 0 Å². The van der Waals surface area contributed by atoms with Gasteiger partial charge in [0.1, 0.15) is 4.90 Å². The molecule has 0 unspecified atom stereocenters. The highest BCUT2D eigenvalue weighted by Crippen LogP contribution is 2.27. The molecule has 1 aromatic heterocycles. The maximum atomic E-state index is 12.6. The number of hydrogen-bond acceptors (Lipinski definition) is 4. The molecule has 1 aliphatic heterocycles. The van der Waals surface area contributed by atoms with Crippen molar-refractivity contribution in [2.75, 3.05) is 26.2 Å². The summed E-state index contributed by atoms with van der Waals surface area (Å²) in [7, 11) is -3.53. The summed E-state index contributed by atoms with van der Waals surface area (Å²) < 4.78 is 26.8. The average molecular weight is 330 g/mol. The van der Waals surface area contributed by atoms with Gasteiger partial charge in [-0.3, -0.25) is 9.88 Å². The summed E-state index contributed by atoms with van der Waals surface area (Å²) in [6.45, 7) is 2.68. The van der Waals surface area contributed by atoms with E-state index in [-0.39, 0.29) is 9.92 Å². The Morgan fingerprint density at radius 1 is 1.14 bits per heavy atom. The maximum Gasteiger partial charge on any atom is 0.246 e. The van der Waals surface area contributed by atoms with Crippen molar-refractivity contribution in [1.82, 2.24) is 14.2 Å². The van der Waals surface area contributed by atoms with Crippen molar-refractivity contribution in [3.63, 3.8) is 0 Å². The van der Waals surface area contributed by atoms with Crippen LogP contribution in [0.25, 0.3) is 0 Å². The van der Waals surface area contributed by atoms with Crippen molar-refractivity contribution in [1.29, 1.82) is 0 Å². The minimum atomic E-state index is -3.53. The first-order valence-corrected chi connectivity index (χ1v) is 9.24. The molecule has 0 bridgehead atoms. The van der Waals surface area contributed by atoms with Crippen molar-refractivity contribution in [3.8, 4) is 0 Å². The zero-order valence-electron chi connectivity index (χ0n) is 11.9. The molecular formula is C14H20ClN3O2S. The molecule has 2 fully saturated rings. The zero-order chi connectivity index (χ0) is 14.9. The summed E-state index contributed by atoms with van der Waals surface area (Å²) in [5.41, 5.74) is 0. The summed E-state index contributed by atoms with van der Waals surface area (Å²) in [6.07, 6.45) is 7.94. The van der Waals surface area contributed by atoms with Gasteiger partial charge in [-0.2, -0.15) is 4.31 Å². The standard InChI is InChI=1S/C14H20ClN3O2S/c15-13-5-6-16-11-14(13)21(19,20)18-9-7-17(8-10-18)12-3-1-2-4-12/h5-6,11-12H,1-4,7-10H2. The lowest BCUT2D eigenvalue weighted by molar-refractivity contribution is 0.139. The molecule has 1 saturated heterocycles. The maximum absolute atomic E-state index is 12.6. The third-order valence-corrected chi connectivity index (χ3v) is 6.83. The van der Waals surface area contributed by atoms with E-state index in [9.17, 15) is 8.42 Å². The minimum Gasteiger partial charge on any atom is -0.298 e. The fraction of sp³-hybridized carbons (Fsp3) is 0.643. The molecular weight excluding hydrogens is 310 g/mol. The Bertz CT molecular complexity index is 594. The largest absolute Gasteiger partial charge is 0.298 e. The van der Waals surface area contributed by atoms with E-state index in [1.807, 2.05) is 0 Å². The lowest BCUT2D eigenvalue weighted by atomic mass is 10.2. The van der Waals surface area contributed by atoms with Crippen LogP contribution in [0.15, 0.2) is 23.4 Å². The van der Waals surface area contributed by atoms with Crippen molar-refractivity contribution in [2.24, 2.45) is 0 Å². The number of halogens is 1. The van der Waals surface area contributed by atoms with Gasteiger partial charge in [0, 0.05) is 44.6 Å². The monoisotopic (exact) mass is 329 g/mol. The normalized spacial score (nSPS) is 22.7. The van der Waals surface area contributed by atoms with Crippen LogP contribution in [0, 0.1) is 0 Å². The molecule has 0 atom stereocenters. The molecule has 0 N–H and O–H groups in total. The number of hydrogen-bond donors (Lipinski definition) is 0. The predicted octanol–water partition coefficient (Wildman–Crippen LogP) is 1.98. The molecule has 0 spiro atoms. The molecule has 0 aromatic carbocycles. The smallest absolute Gasteiger partial charge is 0.246 e. The van der Waals surface area contributed by atoms with Crippen molar-refractivity contribution in [3.05, 3.63) is 23.5 Å². The summed E-state index contributed by atoms with van der Waals surface area (Å²) in [4.78, 5) is 6.43. The van der Waals surface area contributed by atoms with Crippen molar-refractivity contribution in [2.45, 2.75) is 36.6 Å². The Morgan fingerprint density at radius 2 is 1.81 bits per heavy atom. The van der Waals surface area contributed by atoms with Crippen LogP contribution in [0.2, 0.25) is 5.02 Å². The van der Waals surface area contributed by atoms with E-state index in [0.717, 1.165) is 13.1 Å². The molecule has 5 nitrogen and oxygen atoms in total. The first kappa shape index (κ1) is 15.2. The first-order valence-electron chi connectivity index (χ1n) is 7.43. The second kappa shape index (κ2) is 6.20. The van der Waals surface area contributed by atoms with E-state index in [4.69, 9.17) is 11.6 Å². The van der Waals surface area contributed by atoms with Crippen molar-refractivity contribution >= 4 is 21.6 Å². The molecule has 2 heterocycles. The van der Waals surface area contributed by atoms with Gasteiger partial charge in [-0.25, -0.2) is 8.42 Å². The molecule has 116 valence electrons. The topological polar surface area (TPSA) is 53.5 Å². The van der Waals surface area contributed by atoms with E-state index in [1.54, 1.807) is 0 Å². The first-order chi connectivity index (χ1) is 10.1. The molecule has 1 aliphatic carbocycles. The second-order valence-electron chi connectivity index (χ2n) is 5.68. The number of pyridine rings is 1.